The molecule has 4 heteroatoms. The molecule has 4 nitrogen and oxygen atoms in total. The van der Waals surface area contributed by atoms with Gasteiger partial charge >= 0.3 is 0 Å². The Morgan fingerprint density at radius 2 is 2.11 bits per heavy atom. The number of nitrogens with one attached hydrogen (secondary N) is 1. The topological polar surface area (TPSA) is 50.7 Å². The fourth-order valence-corrected chi connectivity index (χ4v) is 2.54. The van der Waals surface area contributed by atoms with Crippen LogP contribution in [0, 0.1) is 6.92 Å². The molecule has 3 heterocycles. The van der Waals surface area contributed by atoms with Crippen LogP contribution in [-0.4, -0.2) is 27.5 Å². The first-order valence-electron chi connectivity index (χ1n) is 6.79. The van der Waals surface area contributed by atoms with E-state index in [0.29, 0.717) is 6.04 Å². The van der Waals surface area contributed by atoms with Gasteiger partial charge in [0.05, 0.1) is 5.69 Å². The van der Waals surface area contributed by atoms with Crippen LogP contribution >= 0.6 is 0 Å². The van der Waals surface area contributed by atoms with Gasteiger partial charge in [-0.1, -0.05) is 0 Å². The number of aromatic nitrogens is 3. The van der Waals surface area contributed by atoms with E-state index >= 15 is 0 Å². The van der Waals surface area contributed by atoms with Gasteiger partial charge in [0.15, 0.2) is 0 Å². The van der Waals surface area contributed by atoms with Gasteiger partial charge in [0.2, 0.25) is 0 Å². The summed E-state index contributed by atoms with van der Waals surface area (Å²) in [5, 5.41) is 3.49. The van der Waals surface area contributed by atoms with Crippen LogP contribution in [-0.2, 0) is 6.42 Å². The van der Waals surface area contributed by atoms with Gasteiger partial charge in [-0.3, -0.25) is 4.98 Å². The average Bonchev–Trinajstić information content (AvgIpc) is 2.92. The van der Waals surface area contributed by atoms with Gasteiger partial charge in [0.25, 0.3) is 0 Å². The molecule has 2 aromatic heterocycles. The highest BCUT2D eigenvalue weighted by Gasteiger charge is 2.16. The highest BCUT2D eigenvalue weighted by molar-refractivity contribution is 5.58. The predicted octanol–water partition coefficient (Wildman–Crippen LogP) is 2.14. The summed E-state index contributed by atoms with van der Waals surface area (Å²) in [6.07, 6.45) is 6.99. The first-order valence-corrected chi connectivity index (χ1v) is 6.79. The summed E-state index contributed by atoms with van der Waals surface area (Å²) < 4.78 is 0. The van der Waals surface area contributed by atoms with Crippen molar-refractivity contribution in [2.24, 2.45) is 0 Å². The minimum atomic E-state index is 0.534. The molecule has 98 valence electrons. The highest BCUT2D eigenvalue weighted by Crippen LogP contribution is 2.18. The lowest BCUT2D eigenvalue weighted by molar-refractivity contribution is 0.584. The van der Waals surface area contributed by atoms with Crippen LogP contribution in [0.25, 0.3) is 11.3 Å². The maximum Gasteiger partial charge on any atom is 0.130 e. The van der Waals surface area contributed by atoms with E-state index in [1.165, 1.54) is 12.8 Å². The molecule has 0 bridgehead atoms. The van der Waals surface area contributed by atoms with E-state index in [2.05, 4.69) is 20.3 Å². The van der Waals surface area contributed by atoms with Crippen molar-refractivity contribution in [2.45, 2.75) is 32.2 Å². The molecular formula is C15H18N4. The van der Waals surface area contributed by atoms with Gasteiger partial charge in [-0.05, 0) is 44.5 Å². The normalized spacial score (nSPS) is 18.7. The number of aryl methyl sites for hydroxylation is 1. The minimum Gasteiger partial charge on any atom is -0.314 e. The van der Waals surface area contributed by atoms with E-state index in [-0.39, 0.29) is 0 Å². The van der Waals surface area contributed by atoms with Crippen molar-refractivity contribution in [1.29, 1.82) is 0 Å². The number of nitrogens with zero attached hydrogens (tertiary/aromatic N) is 3. The summed E-state index contributed by atoms with van der Waals surface area (Å²) in [7, 11) is 0. The summed E-state index contributed by atoms with van der Waals surface area (Å²) in [6, 6.07) is 6.53. The summed E-state index contributed by atoms with van der Waals surface area (Å²) in [6.45, 7) is 3.14. The van der Waals surface area contributed by atoms with Crippen LogP contribution in [0.15, 0.2) is 30.6 Å². The Balaban J connectivity index is 1.87. The minimum absolute atomic E-state index is 0.534. The van der Waals surface area contributed by atoms with Crippen LogP contribution in [0.4, 0.5) is 0 Å². The van der Waals surface area contributed by atoms with Gasteiger partial charge in [-0.25, -0.2) is 9.97 Å². The van der Waals surface area contributed by atoms with Crippen LogP contribution < -0.4 is 5.32 Å². The molecule has 0 aromatic carbocycles. The van der Waals surface area contributed by atoms with E-state index in [1.807, 2.05) is 25.1 Å². The van der Waals surface area contributed by atoms with Crippen LogP contribution in [0.1, 0.15) is 24.4 Å². The third kappa shape index (κ3) is 2.96. The molecule has 19 heavy (non-hydrogen) atoms. The molecule has 0 spiro atoms. The lowest BCUT2D eigenvalue weighted by Gasteiger charge is -2.10. The zero-order valence-electron chi connectivity index (χ0n) is 11.1. The van der Waals surface area contributed by atoms with Crippen molar-refractivity contribution in [2.75, 3.05) is 6.54 Å². The van der Waals surface area contributed by atoms with Crippen LogP contribution in [0.2, 0.25) is 0 Å². The fourth-order valence-electron chi connectivity index (χ4n) is 2.54. The second-order valence-corrected chi connectivity index (χ2v) is 5.04. The first-order chi connectivity index (χ1) is 9.31. The lowest BCUT2D eigenvalue weighted by Crippen LogP contribution is -2.24. The van der Waals surface area contributed by atoms with Crippen LogP contribution in [0.5, 0.6) is 0 Å². The van der Waals surface area contributed by atoms with Crippen LogP contribution in [0.3, 0.4) is 0 Å². The third-order valence-electron chi connectivity index (χ3n) is 3.47. The van der Waals surface area contributed by atoms with Crippen molar-refractivity contribution in [3.8, 4) is 11.3 Å². The largest absolute Gasteiger partial charge is 0.314 e. The van der Waals surface area contributed by atoms with Gasteiger partial charge in [0.1, 0.15) is 5.82 Å². The highest BCUT2D eigenvalue weighted by atomic mass is 15.0. The SMILES string of the molecule is Cc1cc(-c2ccncc2)nc(CC2CCCN2)n1. The predicted molar refractivity (Wildman–Crippen MR) is 74.7 cm³/mol. The standard InChI is InChI=1S/C15H18N4/c1-11-9-14(12-4-7-16-8-5-12)19-15(18-11)10-13-3-2-6-17-13/h4-5,7-9,13,17H,2-3,6,10H2,1H3. The number of hydrogen-bond donors (Lipinski definition) is 1. The monoisotopic (exact) mass is 254 g/mol. The first kappa shape index (κ1) is 12.2. The Morgan fingerprint density at radius 1 is 1.26 bits per heavy atom. The zero-order valence-corrected chi connectivity index (χ0v) is 11.1. The zero-order chi connectivity index (χ0) is 13.1. The molecule has 3 rings (SSSR count). The van der Waals surface area contributed by atoms with Gasteiger partial charge in [0, 0.05) is 36.1 Å². The van der Waals surface area contributed by atoms with E-state index in [9.17, 15) is 0 Å². The Morgan fingerprint density at radius 3 is 2.84 bits per heavy atom. The van der Waals surface area contributed by atoms with Gasteiger partial charge in [-0.2, -0.15) is 0 Å². The summed E-state index contributed by atoms with van der Waals surface area (Å²) in [5.74, 6) is 0.936. The molecule has 2 aromatic rings. The van der Waals surface area contributed by atoms with Crippen molar-refractivity contribution in [3.63, 3.8) is 0 Å². The Labute approximate surface area is 113 Å². The quantitative estimate of drug-likeness (QED) is 0.911. The molecule has 0 saturated carbocycles. The molecule has 1 fully saturated rings. The fraction of sp³-hybridized carbons (Fsp3) is 0.400. The number of hydrogen-bond acceptors (Lipinski definition) is 4. The molecule has 1 N–H and O–H groups in total. The maximum atomic E-state index is 4.69. The summed E-state index contributed by atoms with van der Waals surface area (Å²) >= 11 is 0. The number of pyridine rings is 1. The molecular weight excluding hydrogens is 236 g/mol. The molecule has 1 aliphatic rings. The molecule has 0 amide bonds. The second-order valence-electron chi connectivity index (χ2n) is 5.04. The Hall–Kier alpha value is -1.81. The molecule has 1 aliphatic heterocycles. The van der Waals surface area contributed by atoms with Crippen molar-refractivity contribution < 1.29 is 0 Å². The Kier molecular flexibility index (Phi) is 3.51. The average molecular weight is 254 g/mol. The third-order valence-corrected chi connectivity index (χ3v) is 3.47. The van der Waals surface area contributed by atoms with Gasteiger partial charge in [-0.15, -0.1) is 0 Å². The Bertz CT molecular complexity index is 547. The smallest absolute Gasteiger partial charge is 0.130 e. The molecule has 1 atom stereocenters. The molecule has 1 saturated heterocycles. The molecule has 0 radical (unpaired) electrons. The van der Waals surface area contributed by atoms with Crippen molar-refractivity contribution in [3.05, 3.63) is 42.1 Å². The van der Waals surface area contributed by atoms with Gasteiger partial charge < -0.3 is 5.32 Å². The number of rotatable bonds is 3. The van der Waals surface area contributed by atoms with E-state index in [4.69, 9.17) is 0 Å². The summed E-state index contributed by atoms with van der Waals surface area (Å²) in [5.41, 5.74) is 3.11. The second kappa shape index (κ2) is 5.45. The van der Waals surface area contributed by atoms with Crippen molar-refractivity contribution >= 4 is 0 Å². The van der Waals surface area contributed by atoms with E-state index in [1.54, 1.807) is 12.4 Å². The lowest BCUT2D eigenvalue weighted by atomic mass is 10.1. The van der Waals surface area contributed by atoms with E-state index in [0.717, 1.165) is 35.7 Å². The maximum absolute atomic E-state index is 4.69. The molecule has 1 unspecified atom stereocenters. The van der Waals surface area contributed by atoms with Crippen molar-refractivity contribution in [1.82, 2.24) is 20.3 Å². The van der Waals surface area contributed by atoms with E-state index < -0.39 is 0 Å². The summed E-state index contributed by atoms with van der Waals surface area (Å²) in [4.78, 5) is 13.3. The molecule has 0 aliphatic carbocycles.